The number of rotatable bonds is 4. The molecule has 3 heterocycles. The van der Waals surface area contributed by atoms with Gasteiger partial charge in [0, 0.05) is 30.6 Å². The zero-order chi connectivity index (χ0) is 14.9. The SMILES string of the molecule is O=C(NC1CCC1)c1cc2n(n1)CC(Oc1ccncc1)C2. The fourth-order valence-corrected chi connectivity index (χ4v) is 2.88. The maximum Gasteiger partial charge on any atom is 0.272 e. The second kappa shape index (κ2) is 5.44. The summed E-state index contributed by atoms with van der Waals surface area (Å²) in [4.78, 5) is 16.1. The molecular formula is C16H18N4O2. The third-order valence-corrected chi connectivity index (χ3v) is 4.30. The summed E-state index contributed by atoms with van der Waals surface area (Å²) in [7, 11) is 0. The van der Waals surface area contributed by atoms with Crippen molar-refractivity contribution >= 4 is 5.91 Å². The van der Waals surface area contributed by atoms with Crippen molar-refractivity contribution in [1.29, 1.82) is 0 Å². The number of pyridine rings is 1. The van der Waals surface area contributed by atoms with E-state index in [4.69, 9.17) is 4.74 Å². The third kappa shape index (κ3) is 2.56. The quantitative estimate of drug-likeness (QED) is 0.930. The summed E-state index contributed by atoms with van der Waals surface area (Å²) in [6.45, 7) is 0.675. The number of hydrogen-bond donors (Lipinski definition) is 1. The van der Waals surface area contributed by atoms with Crippen molar-refractivity contribution in [3.05, 3.63) is 42.0 Å². The highest BCUT2D eigenvalue weighted by Crippen LogP contribution is 2.22. The van der Waals surface area contributed by atoms with Crippen molar-refractivity contribution < 1.29 is 9.53 Å². The van der Waals surface area contributed by atoms with E-state index in [1.165, 1.54) is 6.42 Å². The molecule has 0 saturated heterocycles. The van der Waals surface area contributed by atoms with Gasteiger partial charge in [-0.05, 0) is 37.5 Å². The Bertz CT molecular complexity index is 655. The Balaban J connectivity index is 1.38. The van der Waals surface area contributed by atoms with Crippen molar-refractivity contribution in [2.24, 2.45) is 0 Å². The van der Waals surface area contributed by atoms with Crippen LogP contribution in [0.25, 0.3) is 0 Å². The summed E-state index contributed by atoms with van der Waals surface area (Å²) < 4.78 is 7.78. The highest BCUT2D eigenvalue weighted by atomic mass is 16.5. The molecule has 2 aromatic heterocycles. The van der Waals surface area contributed by atoms with Crippen LogP contribution in [0.5, 0.6) is 5.75 Å². The molecule has 1 amide bonds. The van der Waals surface area contributed by atoms with Gasteiger partial charge < -0.3 is 10.1 Å². The van der Waals surface area contributed by atoms with Crippen LogP contribution in [0.4, 0.5) is 0 Å². The first-order valence-electron chi connectivity index (χ1n) is 7.72. The van der Waals surface area contributed by atoms with Crippen LogP contribution in [0.1, 0.15) is 35.4 Å². The minimum Gasteiger partial charge on any atom is -0.488 e. The Morgan fingerprint density at radius 2 is 2.14 bits per heavy atom. The number of nitrogens with zero attached hydrogens (tertiary/aromatic N) is 3. The van der Waals surface area contributed by atoms with Crippen LogP contribution in [-0.4, -0.2) is 32.8 Å². The summed E-state index contributed by atoms with van der Waals surface area (Å²) in [5, 5.41) is 7.43. The number of fused-ring (bicyclic) bond motifs is 1. The van der Waals surface area contributed by atoms with Gasteiger partial charge in [-0.15, -0.1) is 0 Å². The second-order valence-corrected chi connectivity index (χ2v) is 5.93. The summed E-state index contributed by atoms with van der Waals surface area (Å²) >= 11 is 0. The minimum atomic E-state index is -0.0572. The van der Waals surface area contributed by atoms with Crippen molar-refractivity contribution in [1.82, 2.24) is 20.1 Å². The van der Waals surface area contributed by atoms with Crippen molar-refractivity contribution in [3.63, 3.8) is 0 Å². The lowest BCUT2D eigenvalue weighted by molar-refractivity contribution is 0.0910. The van der Waals surface area contributed by atoms with E-state index in [-0.39, 0.29) is 12.0 Å². The first-order valence-corrected chi connectivity index (χ1v) is 7.72. The molecule has 0 spiro atoms. The van der Waals surface area contributed by atoms with Crippen LogP contribution in [0.15, 0.2) is 30.6 Å². The van der Waals surface area contributed by atoms with Crippen LogP contribution in [0.3, 0.4) is 0 Å². The highest BCUT2D eigenvalue weighted by Gasteiger charge is 2.28. The van der Waals surface area contributed by atoms with Crippen LogP contribution in [0.2, 0.25) is 0 Å². The third-order valence-electron chi connectivity index (χ3n) is 4.30. The molecule has 6 heteroatoms. The van der Waals surface area contributed by atoms with Gasteiger partial charge in [0.25, 0.3) is 5.91 Å². The predicted molar refractivity (Wildman–Crippen MR) is 79.7 cm³/mol. The first kappa shape index (κ1) is 13.3. The Kier molecular flexibility index (Phi) is 3.29. The van der Waals surface area contributed by atoms with Crippen LogP contribution in [-0.2, 0) is 13.0 Å². The lowest BCUT2D eigenvalue weighted by atomic mass is 9.93. The summed E-state index contributed by atoms with van der Waals surface area (Å²) in [5.41, 5.74) is 1.57. The maximum absolute atomic E-state index is 12.1. The Morgan fingerprint density at radius 1 is 1.32 bits per heavy atom. The van der Waals surface area contributed by atoms with Crippen LogP contribution in [0, 0.1) is 0 Å². The molecule has 0 radical (unpaired) electrons. The largest absolute Gasteiger partial charge is 0.488 e. The Morgan fingerprint density at radius 3 is 2.82 bits per heavy atom. The van der Waals surface area contributed by atoms with E-state index in [2.05, 4.69) is 15.4 Å². The van der Waals surface area contributed by atoms with E-state index in [1.54, 1.807) is 12.4 Å². The molecule has 0 bridgehead atoms. The number of nitrogens with one attached hydrogen (secondary N) is 1. The summed E-state index contributed by atoms with van der Waals surface area (Å²) in [6, 6.07) is 5.91. The molecule has 1 N–H and O–H groups in total. The van der Waals surface area contributed by atoms with Gasteiger partial charge >= 0.3 is 0 Å². The molecule has 1 saturated carbocycles. The molecule has 1 aliphatic heterocycles. The monoisotopic (exact) mass is 298 g/mol. The molecule has 114 valence electrons. The molecule has 1 aliphatic carbocycles. The summed E-state index contributed by atoms with van der Waals surface area (Å²) in [6.07, 6.45) is 7.64. The second-order valence-electron chi connectivity index (χ2n) is 5.93. The number of carbonyl (C=O) groups is 1. The van der Waals surface area contributed by atoms with Gasteiger partial charge in [-0.1, -0.05) is 0 Å². The van der Waals surface area contributed by atoms with Gasteiger partial charge in [0.2, 0.25) is 0 Å². The van der Waals surface area contributed by atoms with E-state index in [9.17, 15) is 4.79 Å². The van der Waals surface area contributed by atoms with Gasteiger partial charge in [-0.25, -0.2) is 0 Å². The molecule has 4 rings (SSSR count). The normalized spacial score (nSPS) is 20.3. The molecule has 2 aliphatic rings. The van der Waals surface area contributed by atoms with Gasteiger partial charge in [-0.3, -0.25) is 14.5 Å². The molecule has 6 nitrogen and oxygen atoms in total. The van der Waals surface area contributed by atoms with Crippen molar-refractivity contribution in [2.75, 3.05) is 0 Å². The van der Waals surface area contributed by atoms with Crippen molar-refractivity contribution in [3.8, 4) is 5.75 Å². The predicted octanol–water partition coefficient (Wildman–Crippen LogP) is 1.56. The minimum absolute atomic E-state index is 0.0572. The average Bonchev–Trinajstić information content (AvgIpc) is 3.02. The van der Waals surface area contributed by atoms with E-state index in [0.29, 0.717) is 18.3 Å². The van der Waals surface area contributed by atoms with E-state index < -0.39 is 0 Å². The van der Waals surface area contributed by atoms with Gasteiger partial charge in [0.05, 0.1) is 6.54 Å². The first-order chi connectivity index (χ1) is 10.8. The topological polar surface area (TPSA) is 69.0 Å². The summed E-state index contributed by atoms with van der Waals surface area (Å²) in [5.74, 6) is 0.756. The fraction of sp³-hybridized carbons (Fsp3) is 0.438. The van der Waals surface area contributed by atoms with Crippen LogP contribution < -0.4 is 10.1 Å². The zero-order valence-electron chi connectivity index (χ0n) is 12.2. The molecule has 2 aromatic rings. The fourth-order valence-electron chi connectivity index (χ4n) is 2.88. The molecule has 1 fully saturated rings. The lowest BCUT2D eigenvalue weighted by Gasteiger charge is -2.25. The van der Waals surface area contributed by atoms with Gasteiger partial charge in [-0.2, -0.15) is 5.10 Å². The number of ether oxygens (including phenoxy) is 1. The van der Waals surface area contributed by atoms with Crippen LogP contribution >= 0.6 is 0 Å². The zero-order valence-corrected chi connectivity index (χ0v) is 12.2. The van der Waals surface area contributed by atoms with Crippen molar-refractivity contribution in [2.45, 2.75) is 44.4 Å². The Hall–Kier alpha value is -2.37. The lowest BCUT2D eigenvalue weighted by Crippen LogP contribution is -2.39. The standard InChI is InChI=1S/C16H18N4O2/c21-16(18-11-2-1-3-11)15-9-12-8-14(10-20(12)19-15)22-13-4-6-17-7-5-13/h4-7,9,11,14H,1-3,8,10H2,(H,18,21). The van der Waals surface area contributed by atoms with E-state index >= 15 is 0 Å². The smallest absolute Gasteiger partial charge is 0.272 e. The maximum atomic E-state index is 12.1. The van der Waals surface area contributed by atoms with E-state index in [0.717, 1.165) is 30.7 Å². The number of amides is 1. The van der Waals surface area contributed by atoms with Gasteiger partial charge in [0.15, 0.2) is 0 Å². The molecule has 1 unspecified atom stereocenters. The number of carbonyl (C=O) groups excluding carboxylic acids is 1. The van der Waals surface area contributed by atoms with E-state index in [1.807, 2.05) is 22.9 Å². The number of aromatic nitrogens is 3. The molecular weight excluding hydrogens is 280 g/mol. The average molecular weight is 298 g/mol. The molecule has 22 heavy (non-hydrogen) atoms. The molecule has 0 aromatic carbocycles. The Labute approximate surface area is 128 Å². The number of hydrogen-bond acceptors (Lipinski definition) is 4. The van der Waals surface area contributed by atoms with Gasteiger partial charge in [0.1, 0.15) is 17.5 Å². The highest BCUT2D eigenvalue weighted by molar-refractivity contribution is 5.92. The molecule has 1 atom stereocenters.